The quantitative estimate of drug-likeness (QED) is 0.183. The number of carbonyl (C=O) groups excluding carboxylic acids is 1. The molecule has 0 saturated heterocycles. The van der Waals surface area contributed by atoms with Crippen molar-refractivity contribution in [2.24, 2.45) is 0 Å². The van der Waals surface area contributed by atoms with E-state index in [1.54, 1.807) is 36.4 Å². The summed E-state index contributed by atoms with van der Waals surface area (Å²) in [5, 5.41) is 2.54. The first-order chi connectivity index (χ1) is 17.5. The number of hydrogen-bond donors (Lipinski definition) is 4. The van der Waals surface area contributed by atoms with Gasteiger partial charge in [0, 0.05) is 29.3 Å². The summed E-state index contributed by atoms with van der Waals surface area (Å²) in [5.41, 5.74) is 12.9. The average molecular weight is 530 g/mol. The van der Waals surface area contributed by atoms with Gasteiger partial charge >= 0.3 is 0 Å². The fourth-order valence-electron chi connectivity index (χ4n) is 3.68. The van der Waals surface area contributed by atoms with E-state index in [1.165, 1.54) is 40.6 Å². The Morgan fingerprint density at radius 1 is 0.892 bits per heavy atom. The Morgan fingerprint density at radius 2 is 1.49 bits per heavy atom. The standard InChI is InChI=1S/C25H27N3O8S/c1-33-14-11-19(35-3)15(20(12-14)36-4)9-10-22(29)28-17-13-21(37(30,31)32)25(27)23(24(17)26)16-7-5-6-8-18(16)34-2/h5-13H,26-27H2,1-4H3,(H,28,29)(H,30,31,32). The number of anilines is 3. The lowest BCUT2D eigenvalue weighted by Gasteiger charge is -2.18. The Labute approximate surface area is 214 Å². The summed E-state index contributed by atoms with van der Waals surface area (Å²) in [4.78, 5) is 12.2. The van der Waals surface area contributed by atoms with Gasteiger partial charge in [-0.2, -0.15) is 8.42 Å². The molecule has 196 valence electrons. The lowest BCUT2D eigenvalue weighted by atomic mass is 9.99. The molecule has 0 aliphatic carbocycles. The Kier molecular flexibility index (Phi) is 8.15. The van der Waals surface area contributed by atoms with Gasteiger partial charge in [0.05, 0.1) is 51.1 Å². The maximum absolute atomic E-state index is 12.8. The van der Waals surface area contributed by atoms with Crippen molar-refractivity contribution in [1.82, 2.24) is 0 Å². The molecule has 0 saturated carbocycles. The van der Waals surface area contributed by atoms with Gasteiger partial charge in [0.2, 0.25) is 5.91 Å². The summed E-state index contributed by atoms with van der Waals surface area (Å²) in [7, 11) is 1.05. The van der Waals surface area contributed by atoms with Gasteiger partial charge < -0.3 is 35.7 Å². The van der Waals surface area contributed by atoms with Crippen LogP contribution < -0.4 is 35.7 Å². The molecular weight excluding hydrogens is 502 g/mol. The Morgan fingerprint density at radius 3 is 2.03 bits per heavy atom. The molecule has 0 bridgehead atoms. The number of benzene rings is 3. The molecular formula is C25H27N3O8S. The van der Waals surface area contributed by atoms with Crippen LogP contribution in [0.25, 0.3) is 17.2 Å². The van der Waals surface area contributed by atoms with Crippen LogP contribution in [-0.4, -0.2) is 47.3 Å². The third kappa shape index (κ3) is 5.71. The van der Waals surface area contributed by atoms with Crippen molar-refractivity contribution in [2.75, 3.05) is 45.2 Å². The molecule has 1 amide bonds. The van der Waals surface area contributed by atoms with Crippen molar-refractivity contribution in [3.63, 3.8) is 0 Å². The molecule has 3 aromatic rings. The summed E-state index contributed by atoms with van der Waals surface area (Å²) in [6.07, 6.45) is 2.63. The number of nitrogens with one attached hydrogen (secondary N) is 1. The van der Waals surface area contributed by atoms with Gasteiger partial charge in [-0.25, -0.2) is 0 Å². The van der Waals surface area contributed by atoms with E-state index < -0.39 is 20.9 Å². The average Bonchev–Trinajstić information content (AvgIpc) is 2.88. The Balaban J connectivity index is 2.09. The SMILES string of the molecule is COc1cc(OC)c(C=CC(=O)Nc2cc(S(=O)(=O)O)c(N)c(-c3ccccc3OC)c2N)c(OC)c1. The number of hydrogen-bond acceptors (Lipinski definition) is 9. The highest BCUT2D eigenvalue weighted by Gasteiger charge is 2.25. The fraction of sp³-hybridized carbons (Fsp3) is 0.160. The molecule has 11 nitrogen and oxygen atoms in total. The van der Waals surface area contributed by atoms with Crippen molar-refractivity contribution in [3.05, 3.63) is 54.1 Å². The first kappa shape index (κ1) is 27.2. The van der Waals surface area contributed by atoms with Gasteiger partial charge in [-0.15, -0.1) is 0 Å². The zero-order valence-electron chi connectivity index (χ0n) is 20.6. The van der Waals surface area contributed by atoms with E-state index in [2.05, 4.69) is 5.32 Å². The van der Waals surface area contributed by atoms with Gasteiger partial charge in [0.25, 0.3) is 10.1 Å². The molecule has 6 N–H and O–H groups in total. The van der Waals surface area contributed by atoms with Crippen LogP contribution in [0.5, 0.6) is 23.0 Å². The van der Waals surface area contributed by atoms with E-state index in [0.717, 1.165) is 6.07 Å². The minimum absolute atomic E-state index is 0.0317. The summed E-state index contributed by atoms with van der Waals surface area (Å²) in [6.45, 7) is 0. The van der Waals surface area contributed by atoms with E-state index in [1.807, 2.05) is 0 Å². The second-order valence-corrected chi connectivity index (χ2v) is 8.96. The van der Waals surface area contributed by atoms with Gasteiger partial charge in [-0.3, -0.25) is 9.35 Å². The van der Waals surface area contributed by atoms with Crippen LogP contribution in [-0.2, 0) is 14.9 Å². The highest BCUT2D eigenvalue weighted by molar-refractivity contribution is 7.86. The van der Waals surface area contributed by atoms with Gasteiger partial charge in [0.1, 0.15) is 27.9 Å². The van der Waals surface area contributed by atoms with Crippen LogP contribution in [0.3, 0.4) is 0 Å². The second-order valence-electron chi connectivity index (χ2n) is 7.57. The zero-order valence-corrected chi connectivity index (χ0v) is 21.4. The molecule has 3 rings (SSSR count). The summed E-state index contributed by atoms with van der Waals surface area (Å²) < 4.78 is 55.3. The van der Waals surface area contributed by atoms with Crippen LogP contribution >= 0.6 is 0 Å². The number of ether oxygens (including phenoxy) is 4. The van der Waals surface area contributed by atoms with E-state index in [4.69, 9.17) is 30.4 Å². The number of carbonyl (C=O) groups is 1. The fourth-order valence-corrected chi connectivity index (χ4v) is 4.32. The molecule has 0 aliphatic heterocycles. The minimum atomic E-state index is -4.77. The first-order valence-corrected chi connectivity index (χ1v) is 12.1. The molecule has 0 heterocycles. The second kappa shape index (κ2) is 11.1. The number of methoxy groups -OCH3 is 4. The molecule has 37 heavy (non-hydrogen) atoms. The molecule has 0 radical (unpaired) electrons. The van der Waals surface area contributed by atoms with Crippen molar-refractivity contribution in [1.29, 1.82) is 0 Å². The molecule has 0 atom stereocenters. The van der Waals surface area contributed by atoms with Crippen LogP contribution in [0.2, 0.25) is 0 Å². The number of nitrogen functional groups attached to an aromatic ring is 2. The van der Waals surface area contributed by atoms with Crippen molar-refractivity contribution >= 4 is 39.2 Å². The topological polar surface area (TPSA) is 172 Å². The predicted octanol–water partition coefficient (Wildman–Crippen LogP) is 3.45. The van der Waals surface area contributed by atoms with E-state index in [0.29, 0.717) is 34.1 Å². The van der Waals surface area contributed by atoms with Crippen molar-refractivity contribution in [2.45, 2.75) is 4.90 Å². The Hall–Kier alpha value is -4.42. The highest BCUT2D eigenvalue weighted by Crippen LogP contribution is 2.44. The molecule has 0 aromatic heterocycles. The van der Waals surface area contributed by atoms with Gasteiger partial charge in [0.15, 0.2) is 0 Å². The number of amides is 1. The van der Waals surface area contributed by atoms with Crippen molar-refractivity contribution in [3.8, 4) is 34.1 Å². The maximum atomic E-state index is 12.8. The highest BCUT2D eigenvalue weighted by atomic mass is 32.2. The normalized spacial score (nSPS) is 11.3. The summed E-state index contributed by atoms with van der Waals surface area (Å²) >= 11 is 0. The van der Waals surface area contributed by atoms with Gasteiger partial charge in [-0.1, -0.05) is 18.2 Å². The minimum Gasteiger partial charge on any atom is -0.496 e. The molecule has 3 aromatic carbocycles. The molecule has 0 spiro atoms. The monoisotopic (exact) mass is 529 g/mol. The molecule has 0 aliphatic rings. The largest absolute Gasteiger partial charge is 0.496 e. The van der Waals surface area contributed by atoms with E-state index in [-0.39, 0.29) is 22.6 Å². The third-order valence-electron chi connectivity index (χ3n) is 5.44. The molecule has 0 unspecified atom stereocenters. The number of rotatable bonds is 9. The lowest BCUT2D eigenvalue weighted by molar-refractivity contribution is -0.111. The number of para-hydroxylation sites is 1. The van der Waals surface area contributed by atoms with Crippen LogP contribution in [0.1, 0.15) is 5.56 Å². The maximum Gasteiger partial charge on any atom is 0.296 e. The van der Waals surface area contributed by atoms with Crippen LogP contribution in [0, 0.1) is 0 Å². The van der Waals surface area contributed by atoms with Crippen LogP contribution in [0.4, 0.5) is 17.1 Å². The zero-order chi connectivity index (χ0) is 27.3. The molecule has 12 heteroatoms. The van der Waals surface area contributed by atoms with Gasteiger partial charge in [-0.05, 0) is 18.2 Å². The van der Waals surface area contributed by atoms with Crippen molar-refractivity contribution < 1.29 is 36.7 Å². The first-order valence-electron chi connectivity index (χ1n) is 10.7. The smallest absolute Gasteiger partial charge is 0.296 e. The summed E-state index contributed by atoms with van der Waals surface area (Å²) in [5.74, 6) is 0.957. The summed E-state index contributed by atoms with van der Waals surface area (Å²) in [6, 6.07) is 10.8. The number of nitrogens with two attached hydrogens (primary N) is 2. The van der Waals surface area contributed by atoms with E-state index >= 15 is 0 Å². The molecule has 0 fully saturated rings. The predicted molar refractivity (Wildman–Crippen MR) is 141 cm³/mol. The third-order valence-corrected chi connectivity index (χ3v) is 6.33. The van der Waals surface area contributed by atoms with E-state index in [9.17, 15) is 17.8 Å². The Bertz CT molecular complexity index is 1440. The van der Waals surface area contributed by atoms with Crippen LogP contribution in [0.15, 0.2) is 53.4 Å². The lowest BCUT2D eigenvalue weighted by Crippen LogP contribution is -2.14.